The van der Waals surface area contributed by atoms with Gasteiger partial charge in [0.15, 0.2) is 5.82 Å². The van der Waals surface area contributed by atoms with Gasteiger partial charge in [-0.25, -0.2) is 4.98 Å². The predicted molar refractivity (Wildman–Crippen MR) is 83.3 cm³/mol. The van der Waals surface area contributed by atoms with E-state index in [0.717, 1.165) is 32.0 Å². The normalized spacial score (nSPS) is 17.1. The fourth-order valence-corrected chi connectivity index (χ4v) is 3.02. The summed E-state index contributed by atoms with van der Waals surface area (Å²) in [7, 11) is 2.17. The molecule has 0 aliphatic carbocycles. The summed E-state index contributed by atoms with van der Waals surface area (Å²) in [5.41, 5.74) is 2.35. The van der Waals surface area contributed by atoms with Crippen LogP contribution < -0.4 is 4.90 Å². The summed E-state index contributed by atoms with van der Waals surface area (Å²) in [5.74, 6) is 1.09. The topological polar surface area (TPSA) is 35.2 Å². The van der Waals surface area contributed by atoms with Crippen LogP contribution in [-0.2, 0) is 0 Å². The molecule has 20 heavy (non-hydrogen) atoms. The fourth-order valence-electron chi connectivity index (χ4n) is 3.02. The molecular weight excluding hydrogens is 248 g/mol. The maximum Gasteiger partial charge on any atom is 0.153 e. The highest BCUT2D eigenvalue weighted by Gasteiger charge is 2.18. The first-order valence-electron chi connectivity index (χ1n) is 7.12. The summed E-state index contributed by atoms with van der Waals surface area (Å²) in [6, 6.07) is 10.6. The number of rotatable bonds is 1. The quantitative estimate of drug-likeness (QED) is 0.735. The van der Waals surface area contributed by atoms with Crippen LogP contribution in [0.5, 0.6) is 0 Å². The maximum absolute atomic E-state index is 4.63. The molecule has 3 heterocycles. The van der Waals surface area contributed by atoms with Gasteiger partial charge in [0.05, 0.1) is 5.52 Å². The van der Waals surface area contributed by atoms with Gasteiger partial charge in [-0.15, -0.1) is 0 Å². The van der Waals surface area contributed by atoms with Gasteiger partial charge in [0.2, 0.25) is 0 Å². The first kappa shape index (κ1) is 11.7. The van der Waals surface area contributed by atoms with E-state index in [4.69, 9.17) is 0 Å². The molecule has 0 saturated carbocycles. The van der Waals surface area contributed by atoms with E-state index in [1.165, 1.54) is 21.8 Å². The highest BCUT2D eigenvalue weighted by Crippen LogP contribution is 2.30. The van der Waals surface area contributed by atoms with Gasteiger partial charge in [0.25, 0.3) is 0 Å². The second-order valence-corrected chi connectivity index (χ2v) is 5.52. The molecule has 0 spiro atoms. The highest BCUT2D eigenvalue weighted by atomic mass is 15.3. The third kappa shape index (κ3) is 1.76. The van der Waals surface area contributed by atoms with Crippen molar-refractivity contribution in [1.29, 1.82) is 0 Å². The Labute approximate surface area is 118 Å². The summed E-state index contributed by atoms with van der Waals surface area (Å²) in [4.78, 5) is 12.9. The molecule has 0 atom stereocenters. The van der Waals surface area contributed by atoms with Crippen molar-refractivity contribution in [2.45, 2.75) is 0 Å². The summed E-state index contributed by atoms with van der Waals surface area (Å²) >= 11 is 0. The zero-order valence-corrected chi connectivity index (χ0v) is 11.6. The number of aromatic nitrogens is 2. The molecule has 102 valence electrons. The second kappa shape index (κ2) is 4.49. The van der Waals surface area contributed by atoms with E-state index >= 15 is 0 Å². The van der Waals surface area contributed by atoms with E-state index < -0.39 is 0 Å². The number of hydrogen-bond acceptors (Lipinski definition) is 3. The number of aromatic amines is 1. The van der Waals surface area contributed by atoms with Gasteiger partial charge in [-0.1, -0.05) is 18.2 Å². The lowest BCUT2D eigenvalue weighted by Gasteiger charge is -2.33. The van der Waals surface area contributed by atoms with E-state index in [-0.39, 0.29) is 0 Å². The number of anilines is 1. The van der Waals surface area contributed by atoms with Crippen molar-refractivity contribution in [2.75, 3.05) is 38.1 Å². The zero-order valence-electron chi connectivity index (χ0n) is 11.6. The SMILES string of the molecule is CN1CCN(c2nccc3c2[nH]c2ccccc23)CC1. The Morgan fingerprint density at radius 2 is 1.80 bits per heavy atom. The molecule has 1 aliphatic heterocycles. The number of nitrogens with zero attached hydrogens (tertiary/aromatic N) is 3. The first-order chi connectivity index (χ1) is 9.83. The van der Waals surface area contributed by atoms with Crippen molar-refractivity contribution in [3.8, 4) is 0 Å². The smallest absolute Gasteiger partial charge is 0.153 e. The second-order valence-electron chi connectivity index (χ2n) is 5.52. The lowest BCUT2D eigenvalue weighted by atomic mass is 10.2. The van der Waals surface area contributed by atoms with E-state index in [2.05, 4.69) is 57.1 Å². The minimum Gasteiger partial charge on any atom is -0.352 e. The molecule has 0 bridgehead atoms. The van der Waals surface area contributed by atoms with Gasteiger partial charge in [0.1, 0.15) is 0 Å². The number of nitrogens with one attached hydrogen (secondary N) is 1. The highest BCUT2D eigenvalue weighted by molar-refractivity contribution is 6.10. The molecule has 1 fully saturated rings. The van der Waals surface area contributed by atoms with Crippen molar-refractivity contribution in [1.82, 2.24) is 14.9 Å². The monoisotopic (exact) mass is 266 g/mol. The number of piperazine rings is 1. The molecule has 4 heteroatoms. The van der Waals surface area contributed by atoms with Crippen LogP contribution in [0.2, 0.25) is 0 Å². The average Bonchev–Trinajstić information content (AvgIpc) is 2.87. The largest absolute Gasteiger partial charge is 0.352 e. The number of H-pyrrole nitrogens is 1. The van der Waals surface area contributed by atoms with Crippen LogP contribution in [0.3, 0.4) is 0 Å². The van der Waals surface area contributed by atoms with Crippen molar-refractivity contribution in [3.05, 3.63) is 36.5 Å². The van der Waals surface area contributed by atoms with Crippen LogP contribution in [0.15, 0.2) is 36.5 Å². The molecule has 0 amide bonds. The van der Waals surface area contributed by atoms with Crippen molar-refractivity contribution >= 4 is 27.6 Å². The third-order valence-electron chi connectivity index (χ3n) is 4.21. The van der Waals surface area contributed by atoms with E-state index in [1.54, 1.807) is 0 Å². The summed E-state index contributed by atoms with van der Waals surface area (Å²) in [6.07, 6.45) is 1.93. The molecule has 1 saturated heterocycles. The van der Waals surface area contributed by atoms with Crippen molar-refractivity contribution in [2.24, 2.45) is 0 Å². The molecule has 0 unspecified atom stereocenters. The molecule has 0 radical (unpaired) electrons. The van der Waals surface area contributed by atoms with Crippen LogP contribution in [0.1, 0.15) is 0 Å². The Kier molecular flexibility index (Phi) is 2.63. The maximum atomic E-state index is 4.63. The zero-order chi connectivity index (χ0) is 13.5. The number of benzene rings is 1. The van der Waals surface area contributed by atoms with Gasteiger partial charge in [0, 0.05) is 48.7 Å². The minimum atomic E-state index is 1.04. The van der Waals surface area contributed by atoms with Crippen LogP contribution in [-0.4, -0.2) is 48.1 Å². The molecule has 1 N–H and O–H groups in total. The molecule has 1 aliphatic rings. The Balaban J connectivity index is 1.87. The van der Waals surface area contributed by atoms with Gasteiger partial charge in [-0.2, -0.15) is 0 Å². The third-order valence-corrected chi connectivity index (χ3v) is 4.21. The standard InChI is InChI=1S/C16H18N4/c1-19-8-10-20(11-9-19)16-15-13(6-7-17-16)12-4-2-3-5-14(12)18-15/h2-7,18H,8-11H2,1H3. The van der Waals surface area contributed by atoms with Crippen LogP contribution in [0.4, 0.5) is 5.82 Å². The summed E-state index contributed by atoms with van der Waals surface area (Å²) in [6.45, 7) is 4.27. The molecule has 4 nitrogen and oxygen atoms in total. The first-order valence-corrected chi connectivity index (χ1v) is 7.12. The Morgan fingerprint density at radius 3 is 2.65 bits per heavy atom. The minimum absolute atomic E-state index is 1.04. The molecule has 4 rings (SSSR count). The molecule has 3 aromatic rings. The van der Waals surface area contributed by atoms with Gasteiger partial charge < -0.3 is 14.8 Å². The van der Waals surface area contributed by atoms with Crippen LogP contribution >= 0.6 is 0 Å². The lowest BCUT2D eigenvalue weighted by Crippen LogP contribution is -2.44. The number of pyridine rings is 1. The Bertz CT molecular complexity index is 753. The van der Waals surface area contributed by atoms with E-state index in [9.17, 15) is 0 Å². The number of para-hydroxylation sites is 1. The van der Waals surface area contributed by atoms with Crippen LogP contribution in [0, 0.1) is 0 Å². The van der Waals surface area contributed by atoms with Gasteiger partial charge >= 0.3 is 0 Å². The van der Waals surface area contributed by atoms with Gasteiger partial charge in [-0.3, -0.25) is 0 Å². The Hall–Kier alpha value is -2.07. The molecule has 2 aromatic heterocycles. The van der Waals surface area contributed by atoms with Gasteiger partial charge in [-0.05, 0) is 19.2 Å². The number of fused-ring (bicyclic) bond motifs is 3. The summed E-state index contributed by atoms with van der Waals surface area (Å²) in [5, 5.41) is 2.55. The molecular formula is C16H18N4. The molecule has 1 aromatic carbocycles. The number of hydrogen-bond donors (Lipinski definition) is 1. The predicted octanol–water partition coefficient (Wildman–Crippen LogP) is 2.47. The average molecular weight is 266 g/mol. The van der Waals surface area contributed by atoms with E-state index in [1.807, 2.05) is 6.20 Å². The Morgan fingerprint density at radius 1 is 1.00 bits per heavy atom. The van der Waals surface area contributed by atoms with Crippen LogP contribution in [0.25, 0.3) is 21.8 Å². The fraction of sp³-hybridized carbons (Fsp3) is 0.312. The van der Waals surface area contributed by atoms with Crippen molar-refractivity contribution in [3.63, 3.8) is 0 Å². The van der Waals surface area contributed by atoms with Crippen molar-refractivity contribution < 1.29 is 0 Å². The lowest BCUT2D eigenvalue weighted by molar-refractivity contribution is 0.312. The summed E-state index contributed by atoms with van der Waals surface area (Å²) < 4.78 is 0. The van der Waals surface area contributed by atoms with E-state index in [0.29, 0.717) is 0 Å². The number of likely N-dealkylation sites (N-methyl/N-ethyl adjacent to an activating group) is 1.